The first-order valence-corrected chi connectivity index (χ1v) is 8.56. The molecule has 0 aliphatic rings. The van der Waals surface area contributed by atoms with Crippen molar-refractivity contribution in [2.24, 2.45) is 5.41 Å². The van der Waals surface area contributed by atoms with Gasteiger partial charge in [0.15, 0.2) is 6.61 Å². The fourth-order valence-corrected chi connectivity index (χ4v) is 2.27. The Morgan fingerprint density at radius 3 is 2.38 bits per heavy atom. The molecule has 0 saturated carbocycles. The van der Waals surface area contributed by atoms with E-state index in [-0.39, 0.29) is 18.4 Å². The van der Waals surface area contributed by atoms with Gasteiger partial charge < -0.3 is 15.4 Å². The predicted molar refractivity (Wildman–Crippen MR) is 105 cm³/mol. The lowest BCUT2D eigenvalue weighted by Crippen LogP contribution is -2.27. The molecule has 0 aliphatic heterocycles. The van der Waals surface area contributed by atoms with E-state index in [2.05, 4.69) is 10.6 Å². The molecule has 0 spiro atoms. The number of anilines is 2. The normalized spacial score (nSPS) is 11.0. The molecule has 2 rings (SSSR count). The lowest BCUT2D eigenvalue weighted by Gasteiger charge is -2.18. The molecule has 2 aromatic rings. The molecule has 0 saturated heterocycles. The Hall–Kier alpha value is -2.82. The standard InChI is InChI=1S/C21H26N2O3/c1-14-9-10-18(15(2)11-14)23-19(24)13-26-17-8-6-7-16(12-17)22-20(25)21(3,4)5/h6-12H,13H2,1-5H3,(H,22,25)(H,23,24). The molecule has 0 aromatic heterocycles. The summed E-state index contributed by atoms with van der Waals surface area (Å²) in [5, 5.41) is 5.68. The summed E-state index contributed by atoms with van der Waals surface area (Å²) in [4.78, 5) is 24.2. The SMILES string of the molecule is Cc1ccc(NC(=O)COc2cccc(NC(=O)C(C)(C)C)c2)c(C)c1. The van der Waals surface area contributed by atoms with Gasteiger partial charge in [-0.2, -0.15) is 0 Å². The van der Waals surface area contributed by atoms with E-state index in [1.807, 2.05) is 52.8 Å². The molecule has 0 radical (unpaired) electrons. The van der Waals surface area contributed by atoms with Crippen LogP contribution in [0.15, 0.2) is 42.5 Å². The summed E-state index contributed by atoms with van der Waals surface area (Å²) in [6, 6.07) is 12.8. The average Bonchev–Trinajstić information content (AvgIpc) is 2.55. The lowest BCUT2D eigenvalue weighted by atomic mass is 9.95. The van der Waals surface area contributed by atoms with Crippen LogP contribution < -0.4 is 15.4 Å². The monoisotopic (exact) mass is 354 g/mol. The number of hydrogen-bond acceptors (Lipinski definition) is 3. The molecule has 2 amide bonds. The van der Waals surface area contributed by atoms with Gasteiger partial charge in [-0.1, -0.05) is 44.5 Å². The van der Waals surface area contributed by atoms with E-state index in [0.717, 1.165) is 16.8 Å². The van der Waals surface area contributed by atoms with Crippen LogP contribution in [0.2, 0.25) is 0 Å². The number of nitrogens with one attached hydrogen (secondary N) is 2. The second-order valence-corrected chi connectivity index (χ2v) is 7.39. The maximum absolute atomic E-state index is 12.1. The first-order valence-electron chi connectivity index (χ1n) is 8.56. The largest absolute Gasteiger partial charge is 0.484 e. The molecule has 26 heavy (non-hydrogen) atoms. The lowest BCUT2D eigenvalue weighted by molar-refractivity contribution is -0.123. The van der Waals surface area contributed by atoms with E-state index in [4.69, 9.17) is 4.74 Å². The highest BCUT2D eigenvalue weighted by atomic mass is 16.5. The molecular formula is C21H26N2O3. The van der Waals surface area contributed by atoms with Gasteiger partial charge in [-0.25, -0.2) is 0 Å². The van der Waals surface area contributed by atoms with Crippen molar-refractivity contribution in [1.29, 1.82) is 0 Å². The molecular weight excluding hydrogens is 328 g/mol. The summed E-state index contributed by atoms with van der Waals surface area (Å²) in [7, 11) is 0. The summed E-state index contributed by atoms with van der Waals surface area (Å²) in [5.41, 5.74) is 3.08. The zero-order valence-electron chi connectivity index (χ0n) is 16.0. The Bertz CT molecular complexity index is 807. The van der Waals surface area contributed by atoms with Crippen molar-refractivity contribution in [1.82, 2.24) is 0 Å². The minimum Gasteiger partial charge on any atom is -0.484 e. The van der Waals surface area contributed by atoms with Crippen LogP contribution in [0.5, 0.6) is 5.75 Å². The first-order chi connectivity index (χ1) is 12.1. The van der Waals surface area contributed by atoms with Crippen LogP contribution in [0.25, 0.3) is 0 Å². The molecule has 0 heterocycles. The molecule has 2 N–H and O–H groups in total. The number of amides is 2. The van der Waals surface area contributed by atoms with Gasteiger partial charge in [0.2, 0.25) is 5.91 Å². The van der Waals surface area contributed by atoms with Gasteiger partial charge in [-0.05, 0) is 37.6 Å². The van der Waals surface area contributed by atoms with Crippen LogP contribution in [0.4, 0.5) is 11.4 Å². The third kappa shape index (κ3) is 5.62. The van der Waals surface area contributed by atoms with E-state index in [1.54, 1.807) is 24.3 Å². The van der Waals surface area contributed by atoms with Crippen molar-refractivity contribution < 1.29 is 14.3 Å². The topological polar surface area (TPSA) is 67.4 Å². The Kier molecular flexibility index (Phi) is 6.03. The fraction of sp³-hybridized carbons (Fsp3) is 0.333. The Balaban J connectivity index is 1.93. The molecule has 5 heteroatoms. The highest BCUT2D eigenvalue weighted by Gasteiger charge is 2.21. The summed E-state index contributed by atoms with van der Waals surface area (Å²) in [5.74, 6) is 0.204. The van der Waals surface area contributed by atoms with Crippen LogP contribution in [0.1, 0.15) is 31.9 Å². The van der Waals surface area contributed by atoms with Crippen molar-refractivity contribution in [3.8, 4) is 5.75 Å². The van der Waals surface area contributed by atoms with E-state index in [9.17, 15) is 9.59 Å². The number of aryl methyl sites for hydroxylation is 2. The van der Waals surface area contributed by atoms with Crippen molar-refractivity contribution in [2.45, 2.75) is 34.6 Å². The van der Waals surface area contributed by atoms with Gasteiger partial charge in [0.1, 0.15) is 5.75 Å². The van der Waals surface area contributed by atoms with Gasteiger partial charge in [0.05, 0.1) is 0 Å². The quantitative estimate of drug-likeness (QED) is 0.841. The summed E-state index contributed by atoms with van der Waals surface area (Å²) in [6.45, 7) is 9.39. The predicted octanol–water partition coefficient (Wildman–Crippen LogP) is 4.31. The number of carbonyl (C=O) groups excluding carboxylic acids is 2. The Labute approximate surface area is 154 Å². The Morgan fingerprint density at radius 2 is 1.73 bits per heavy atom. The molecule has 5 nitrogen and oxygen atoms in total. The fourth-order valence-electron chi connectivity index (χ4n) is 2.27. The second-order valence-electron chi connectivity index (χ2n) is 7.39. The van der Waals surface area contributed by atoms with E-state index in [1.165, 1.54) is 0 Å². The van der Waals surface area contributed by atoms with Gasteiger partial charge in [-0.15, -0.1) is 0 Å². The molecule has 138 valence electrons. The number of hydrogen-bond donors (Lipinski definition) is 2. The summed E-state index contributed by atoms with van der Waals surface area (Å²) < 4.78 is 5.55. The summed E-state index contributed by atoms with van der Waals surface area (Å²) >= 11 is 0. The van der Waals surface area contributed by atoms with Gasteiger partial charge in [0.25, 0.3) is 5.91 Å². The molecule has 2 aromatic carbocycles. The molecule has 0 aliphatic carbocycles. The van der Waals surface area contributed by atoms with E-state index >= 15 is 0 Å². The number of ether oxygens (including phenoxy) is 1. The van der Waals surface area contributed by atoms with Crippen LogP contribution in [-0.2, 0) is 9.59 Å². The van der Waals surface area contributed by atoms with Crippen molar-refractivity contribution in [3.63, 3.8) is 0 Å². The van der Waals surface area contributed by atoms with Crippen molar-refractivity contribution in [3.05, 3.63) is 53.6 Å². The first kappa shape index (κ1) is 19.5. The van der Waals surface area contributed by atoms with E-state index < -0.39 is 5.41 Å². The van der Waals surface area contributed by atoms with Crippen LogP contribution in [-0.4, -0.2) is 18.4 Å². The van der Waals surface area contributed by atoms with Gasteiger partial charge in [0, 0.05) is 22.9 Å². The van der Waals surface area contributed by atoms with Crippen molar-refractivity contribution in [2.75, 3.05) is 17.2 Å². The minimum atomic E-state index is -0.483. The van der Waals surface area contributed by atoms with Crippen molar-refractivity contribution >= 4 is 23.2 Å². The minimum absolute atomic E-state index is 0.0813. The van der Waals surface area contributed by atoms with Crippen LogP contribution in [0, 0.1) is 19.3 Å². The van der Waals surface area contributed by atoms with Gasteiger partial charge in [-0.3, -0.25) is 9.59 Å². The highest BCUT2D eigenvalue weighted by Crippen LogP contribution is 2.21. The highest BCUT2D eigenvalue weighted by molar-refractivity contribution is 5.95. The van der Waals surface area contributed by atoms with Crippen LogP contribution in [0.3, 0.4) is 0 Å². The smallest absolute Gasteiger partial charge is 0.262 e. The average molecular weight is 354 g/mol. The second kappa shape index (κ2) is 8.04. The molecule has 0 unspecified atom stereocenters. The van der Waals surface area contributed by atoms with E-state index in [0.29, 0.717) is 11.4 Å². The third-order valence-electron chi connectivity index (χ3n) is 3.80. The molecule has 0 fully saturated rings. The maximum atomic E-state index is 12.1. The molecule has 0 bridgehead atoms. The maximum Gasteiger partial charge on any atom is 0.262 e. The number of benzene rings is 2. The summed E-state index contributed by atoms with van der Waals surface area (Å²) in [6.07, 6.45) is 0. The number of rotatable bonds is 5. The van der Waals surface area contributed by atoms with Gasteiger partial charge >= 0.3 is 0 Å². The zero-order chi connectivity index (χ0) is 19.3. The molecule has 0 atom stereocenters. The Morgan fingerprint density at radius 1 is 1.00 bits per heavy atom. The zero-order valence-corrected chi connectivity index (χ0v) is 16.0. The van der Waals surface area contributed by atoms with Crippen LogP contribution >= 0.6 is 0 Å². The number of carbonyl (C=O) groups is 2. The third-order valence-corrected chi connectivity index (χ3v) is 3.80.